The van der Waals surface area contributed by atoms with E-state index in [4.69, 9.17) is 9.47 Å². The number of ether oxygens (including phenoxy) is 2. The maximum Gasteiger partial charge on any atom is 0.351 e. The monoisotopic (exact) mass is 284 g/mol. The first-order valence-corrected chi connectivity index (χ1v) is 6.21. The van der Waals surface area contributed by atoms with Crippen LogP contribution in [0.4, 0.5) is 8.78 Å². The number of carbonyl (C=O) groups excluding carboxylic acids is 2. The van der Waals surface area contributed by atoms with Gasteiger partial charge < -0.3 is 9.47 Å². The maximum atomic E-state index is 13.2. The van der Waals surface area contributed by atoms with E-state index in [-0.39, 0.29) is 19.4 Å². The summed E-state index contributed by atoms with van der Waals surface area (Å²) >= 11 is 0. The van der Waals surface area contributed by atoms with Crippen molar-refractivity contribution in [2.75, 3.05) is 6.61 Å². The molecule has 0 N–H and O–H groups in total. The van der Waals surface area contributed by atoms with E-state index in [9.17, 15) is 18.4 Å². The molecule has 1 aliphatic carbocycles. The van der Waals surface area contributed by atoms with Crippen molar-refractivity contribution < 1.29 is 27.8 Å². The van der Waals surface area contributed by atoms with Crippen LogP contribution in [0.1, 0.15) is 25.0 Å². The number of halogens is 2. The molecule has 0 amide bonds. The molecule has 0 aromatic heterocycles. The third-order valence-electron chi connectivity index (χ3n) is 3.18. The van der Waals surface area contributed by atoms with Crippen molar-refractivity contribution in [3.63, 3.8) is 0 Å². The molecule has 4 nitrogen and oxygen atoms in total. The highest BCUT2D eigenvalue weighted by molar-refractivity contribution is 5.85. The molecule has 1 aromatic carbocycles. The fraction of sp³-hybridized carbons (Fsp3) is 0.429. The lowest BCUT2D eigenvalue weighted by molar-refractivity contribution is -0.180. The van der Waals surface area contributed by atoms with Crippen LogP contribution in [0.5, 0.6) is 0 Å². The Labute approximate surface area is 114 Å². The quantitative estimate of drug-likeness (QED) is 0.796. The minimum atomic E-state index is -1.52. The lowest BCUT2D eigenvalue weighted by atomic mass is 10.0. The molecule has 0 saturated carbocycles. The molecule has 1 aromatic rings. The van der Waals surface area contributed by atoms with Gasteiger partial charge in [-0.3, -0.25) is 4.79 Å². The molecular weight excluding hydrogens is 270 g/mol. The molecule has 108 valence electrons. The van der Waals surface area contributed by atoms with E-state index in [2.05, 4.69) is 0 Å². The zero-order valence-electron chi connectivity index (χ0n) is 11.2. The van der Waals surface area contributed by atoms with E-state index < -0.39 is 29.2 Å². The number of carbonyl (C=O) groups is 2. The van der Waals surface area contributed by atoms with Crippen LogP contribution in [0, 0.1) is 11.6 Å². The molecule has 1 aliphatic rings. The smallest absolute Gasteiger partial charge is 0.351 e. The average molecular weight is 284 g/mol. The number of fused-ring (bicyclic) bond motifs is 1. The van der Waals surface area contributed by atoms with E-state index in [0.717, 1.165) is 12.1 Å². The molecule has 0 bridgehead atoms. The van der Waals surface area contributed by atoms with Gasteiger partial charge in [0.25, 0.3) is 0 Å². The third-order valence-corrected chi connectivity index (χ3v) is 3.18. The Morgan fingerprint density at radius 1 is 1.20 bits per heavy atom. The highest BCUT2D eigenvalue weighted by Gasteiger charge is 2.48. The zero-order chi connectivity index (χ0) is 14.9. The standard InChI is InChI=1S/C14H14F2O4/c1-3-19-13(18)14(20-8(2)17)6-9-4-11(15)12(16)5-10(9)7-14/h4-5H,3,6-7H2,1-2H3. The summed E-state index contributed by atoms with van der Waals surface area (Å²) in [6.07, 6.45) is -0.0319. The van der Waals surface area contributed by atoms with Gasteiger partial charge in [-0.15, -0.1) is 0 Å². The first-order chi connectivity index (χ1) is 9.38. The Hall–Kier alpha value is -1.98. The van der Waals surface area contributed by atoms with Crippen LogP contribution in [0.3, 0.4) is 0 Å². The van der Waals surface area contributed by atoms with Gasteiger partial charge in [-0.2, -0.15) is 0 Å². The van der Waals surface area contributed by atoms with Gasteiger partial charge in [0.1, 0.15) is 0 Å². The summed E-state index contributed by atoms with van der Waals surface area (Å²) in [5, 5.41) is 0. The van der Waals surface area contributed by atoms with Gasteiger partial charge >= 0.3 is 11.9 Å². The van der Waals surface area contributed by atoms with E-state index in [0.29, 0.717) is 11.1 Å². The molecule has 0 atom stereocenters. The van der Waals surface area contributed by atoms with Crippen LogP contribution in [0.25, 0.3) is 0 Å². The summed E-state index contributed by atoms with van der Waals surface area (Å²) in [6.45, 7) is 2.92. The molecule has 0 fully saturated rings. The summed E-state index contributed by atoms with van der Waals surface area (Å²) in [4.78, 5) is 23.3. The van der Waals surface area contributed by atoms with Gasteiger partial charge in [0.2, 0.25) is 5.60 Å². The third kappa shape index (κ3) is 2.50. The molecule has 0 saturated heterocycles. The Kier molecular flexibility index (Phi) is 3.74. The number of rotatable bonds is 3. The minimum Gasteiger partial charge on any atom is -0.463 e. The Morgan fingerprint density at radius 3 is 2.10 bits per heavy atom. The molecule has 0 spiro atoms. The normalized spacial score (nSPS) is 15.6. The Morgan fingerprint density at radius 2 is 1.70 bits per heavy atom. The van der Waals surface area contributed by atoms with Gasteiger partial charge in [-0.05, 0) is 30.2 Å². The number of benzene rings is 1. The predicted molar refractivity (Wildman–Crippen MR) is 64.9 cm³/mol. The molecule has 0 unspecified atom stereocenters. The second kappa shape index (κ2) is 5.19. The molecular formula is C14H14F2O4. The van der Waals surface area contributed by atoms with E-state index in [1.165, 1.54) is 6.92 Å². The molecule has 20 heavy (non-hydrogen) atoms. The highest BCUT2D eigenvalue weighted by Crippen LogP contribution is 2.35. The van der Waals surface area contributed by atoms with Crippen molar-refractivity contribution in [1.82, 2.24) is 0 Å². The molecule has 6 heteroatoms. The van der Waals surface area contributed by atoms with Gasteiger partial charge in [-0.25, -0.2) is 13.6 Å². The SMILES string of the molecule is CCOC(=O)C1(OC(C)=O)Cc2cc(F)c(F)cc2C1. The number of hydrogen-bond acceptors (Lipinski definition) is 4. The molecule has 0 aliphatic heterocycles. The van der Waals surface area contributed by atoms with Crippen LogP contribution in [0.15, 0.2) is 12.1 Å². The van der Waals surface area contributed by atoms with Crippen LogP contribution in [-0.2, 0) is 31.9 Å². The van der Waals surface area contributed by atoms with E-state index >= 15 is 0 Å². The second-order valence-electron chi connectivity index (χ2n) is 4.70. The predicted octanol–water partition coefficient (Wildman–Crippen LogP) is 1.93. The lowest BCUT2D eigenvalue weighted by Crippen LogP contribution is -2.45. The largest absolute Gasteiger partial charge is 0.463 e. The molecule has 0 heterocycles. The summed E-state index contributed by atoms with van der Waals surface area (Å²) in [5.41, 5.74) is -0.638. The van der Waals surface area contributed by atoms with E-state index in [1.54, 1.807) is 6.92 Å². The minimum absolute atomic E-state index is 0.0159. The number of hydrogen-bond donors (Lipinski definition) is 0. The topological polar surface area (TPSA) is 52.6 Å². The van der Waals surface area contributed by atoms with Crippen LogP contribution < -0.4 is 0 Å². The summed E-state index contributed by atoms with van der Waals surface area (Å²) in [5.74, 6) is -3.34. The highest BCUT2D eigenvalue weighted by atomic mass is 19.2. The molecule has 0 radical (unpaired) electrons. The second-order valence-corrected chi connectivity index (χ2v) is 4.70. The summed E-state index contributed by atoms with van der Waals surface area (Å²) in [6, 6.07) is 2.05. The van der Waals surface area contributed by atoms with Crippen molar-refractivity contribution in [2.45, 2.75) is 32.3 Å². The van der Waals surface area contributed by atoms with Crippen LogP contribution in [0.2, 0.25) is 0 Å². The van der Waals surface area contributed by atoms with E-state index in [1.807, 2.05) is 0 Å². The van der Waals surface area contributed by atoms with Crippen molar-refractivity contribution >= 4 is 11.9 Å². The lowest BCUT2D eigenvalue weighted by Gasteiger charge is -2.25. The summed E-state index contributed by atoms with van der Waals surface area (Å²) < 4.78 is 36.5. The van der Waals surface area contributed by atoms with Crippen molar-refractivity contribution in [3.05, 3.63) is 34.9 Å². The fourth-order valence-electron chi connectivity index (χ4n) is 2.43. The summed E-state index contributed by atoms with van der Waals surface area (Å²) in [7, 11) is 0. The number of esters is 2. The Balaban J connectivity index is 2.38. The average Bonchev–Trinajstić information content (AvgIpc) is 2.68. The van der Waals surface area contributed by atoms with Crippen molar-refractivity contribution in [3.8, 4) is 0 Å². The first-order valence-electron chi connectivity index (χ1n) is 6.21. The molecule has 2 rings (SSSR count). The van der Waals surface area contributed by atoms with Gasteiger partial charge in [0, 0.05) is 19.8 Å². The fourth-order valence-corrected chi connectivity index (χ4v) is 2.43. The Bertz CT molecular complexity index is 538. The first kappa shape index (κ1) is 14.4. The van der Waals surface area contributed by atoms with Crippen LogP contribution >= 0.6 is 0 Å². The van der Waals surface area contributed by atoms with Crippen molar-refractivity contribution in [1.29, 1.82) is 0 Å². The van der Waals surface area contributed by atoms with Crippen LogP contribution in [-0.4, -0.2) is 24.1 Å². The maximum absolute atomic E-state index is 13.2. The zero-order valence-corrected chi connectivity index (χ0v) is 11.2. The van der Waals surface area contributed by atoms with Gasteiger partial charge in [-0.1, -0.05) is 0 Å². The van der Waals surface area contributed by atoms with Gasteiger partial charge in [0.15, 0.2) is 11.6 Å². The van der Waals surface area contributed by atoms with Gasteiger partial charge in [0.05, 0.1) is 6.61 Å². The van der Waals surface area contributed by atoms with Crippen molar-refractivity contribution in [2.24, 2.45) is 0 Å².